The zero-order valence-corrected chi connectivity index (χ0v) is 15.4. The Morgan fingerprint density at radius 3 is 2.84 bits per heavy atom. The van der Waals surface area contributed by atoms with E-state index in [1.165, 1.54) is 16.0 Å². The number of carbonyl (C=O) groups excluding carboxylic acids is 1. The van der Waals surface area contributed by atoms with Crippen LogP contribution < -0.4 is 10.1 Å². The van der Waals surface area contributed by atoms with Gasteiger partial charge in [0.1, 0.15) is 16.4 Å². The van der Waals surface area contributed by atoms with Crippen LogP contribution >= 0.6 is 22.9 Å². The van der Waals surface area contributed by atoms with Crippen molar-refractivity contribution in [2.45, 2.75) is 20.3 Å². The average molecular weight is 379 g/mol. The van der Waals surface area contributed by atoms with Gasteiger partial charge in [0.25, 0.3) is 5.91 Å². The Morgan fingerprint density at radius 2 is 2.16 bits per heavy atom. The Labute approximate surface area is 152 Å². The van der Waals surface area contributed by atoms with E-state index in [0.717, 1.165) is 11.4 Å². The summed E-state index contributed by atoms with van der Waals surface area (Å²) in [6, 6.07) is 5.14. The maximum atomic E-state index is 12.5. The number of aromatic nitrogens is 5. The standard InChI is InChI=1S/C15H15ClN6O2S/c1-4-12-18-20-15(25-12)17-14(23)13-8(2)22(21-19-13)10-7-9(16)5-6-11(10)24-3/h5-7H,4H2,1-3H3,(H,17,20,23). The number of methoxy groups -OCH3 is 1. The fourth-order valence-electron chi connectivity index (χ4n) is 2.20. The summed E-state index contributed by atoms with van der Waals surface area (Å²) in [6.45, 7) is 3.72. The number of carbonyl (C=O) groups is 1. The fraction of sp³-hybridized carbons (Fsp3) is 0.267. The Hall–Kier alpha value is -2.52. The van der Waals surface area contributed by atoms with E-state index in [1.54, 1.807) is 32.2 Å². The number of benzene rings is 1. The molecule has 0 atom stereocenters. The summed E-state index contributed by atoms with van der Waals surface area (Å²) in [6.07, 6.45) is 0.761. The second-order valence-corrected chi connectivity index (χ2v) is 6.56. The predicted octanol–water partition coefficient (Wildman–Crippen LogP) is 2.90. The minimum absolute atomic E-state index is 0.190. The number of rotatable bonds is 5. The third kappa shape index (κ3) is 3.47. The van der Waals surface area contributed by atoms with Crippen molar-refractivity contribution < 1.29 is 9.53 Å². The van der Waals surface area contributed by atoms with Crippen molar-refractivity contribution in [2.24, 2.45) is 0 Å². The van der Waals surface area contributed by atoms with Crippen LogP contribution in [0.15, 0.2) is 18.2 Å². The number of hydrogen-bond acceptors (Lipinski definition) is 7. The first kappa shape index (κ1) is 17.3. The number of ether oxygens (including phenoxy) is 1. The molecule has 0 saturated carbocycles. The summed E-state index contributed by atoms with van der Waals surface area (Å²) in [5, 5.41) is 20.4. The van der Waals surface area contributed by atoms with Crippen LogP contribution in [0.5, 0.6) is 5.75 Å². The predicted molar refractivity (Wildman–Crippen MR) is 94.9 cm³/mol. The van der Waals surface area contributed by atoms with Crippen LogP contribution in [-0.2, 0) is 6.42 Å². The molecule has 3 aromatic rings. The van der Waals surface area contributed by atoms with Gasteiger partial charge in [0.2, 0.25) is 5.13 Å². The van der Waals surface area contributed by atoms with E-state index in [4.69, 9.17) is 16.3 Å². The third-order valence-corrected chi connectivity index (χ3v) is 4.69. The van der Waals surface area contributed by atoms with Crippen molar-refractivity contribution in [3.8, 4) is 11.4 Å². The minimum atomic E-state index is -0.399. The van der Waals surface area contributed by atoms with Crippen LogP contribution in [0.25, 0.3) is 5.69 Å². The molecule has 0 spiro atoms. The van der Waals surface area contributed by atoms with E-state index in [1.807, 2.05) is 6.92 Å². The van der Waals surface area contributed by atoms with E-state index in [9.17, 15) is 4.79 Å². The molecule has 0 aliphatic heterocycles. The van der Waals surface area contributed by atoms with E-state index >= 15 is 0 Å². The maximum Gasteiger partial charge on any atom is 0.279 e. The molecule has 2 aromatic heterocycles. The lowest BCUT2D eigenvalue weighted by atomic mass is 10.2. The lowest BCUT2D eigenvalue weighted by Gasteiger charge is -2.09. The number of aryl methyl sites for hydroxylation is 1. The first-order valence-corrected chi connectivity index (χ1v) is 8.62. The van der Waals surface area contributed by atoms with Crippen LogP contribution in [-0.4, -0.2) is 38.2 Å². The summed E-state index contributed by atoms with van der Waals surface area (Å²) in [7, 11) is 1.55. The highest BCUT2D eigenvalue weighted by atomic mass is 35.5. The average Bonchev–Trinajstić information content (AvgIpc) is 3.21. The molecule has 10 heteroatoms. The molecule has 1 aromatic carbocycles. The highest BCUT2D eigenvalue weighted by molar-refractivity contribution is 7.15. The monoisotopic (exact) mass is 378 g/mol. The molecule has 1 amide bonds. The maximum absolute atomic E-state index is 12.5. The van der Waals surface area contributed by atoms with E-state index in [0.29, 0.717) is 27.3 Å². The van der Waals surface area contributed by atoms with Gasteiger partial charge in [0.15, 0.2) is 5.69 Å². The van der Waals surface area contributed by atoms with Crippen LogP contribution in [0.2, 0.25) is 5.02 Å². The lowest BCUT2D eigenvalue weighted by Crippen LogP contribution is -2.14. The highest BCUT2D eigenvalue weighted by Gasteiger charge is 2.20. The zero-order valence-electron chi connectivity index (χ0n) is 13.8. The number of nitrogens with one attached hydrogen (secondary N) is 1. The molecule has 0 fully saturated rings. The minimum Gasteiger partial charge on any atom is -0.494 e. The molecule has 0 bridgehead atoms. The van der Waals surface area contributed by atoms with Crippen molar-refractivity contribution in [2.75, 3.05) is 12.4 Å². The van der Waals surface area contributed by atoms with E-state index < -0.39 is 5.91 Å². The summed E-state index contributed by atoms with van der Waals surface area (Å²) in [5.74, 6) is 0.171. The molecule has 1 N–H and O–H groups in total. The van der Waals surface area contributed by atoms with Crippen LogP contribution in [0.3, 0.4) is 0 Å². The van der Waals surface area contributed by atoms with Gasteiger partial charge in [-0.1, -0.05) is 35.1 Å². The van der Waals surface area contributed by atoms with Gasteiger partial charge in [-0.2, -0.15) is 0 Å². The summed E-state index contributed by atoms with van der Waals surface area (Å²) >= 11 is 7.38. The Kier molecular flexibility index (Phi) is 4.95. The van der Waals surface area contributed by atoms with Crippen molar-refractivity contribution >= 4 is 34.0 Å². The SMILES string of the molecule is CCc1nnc(NC(=O)c2nnn(-c3cc(Cl)ccc3OC)c2C)s1. The number of halogens is 1. The Balaban J connectivity index is 1.90. The molecule has 0 aliphatic carbocycles. The van der Waals surface area contributed by atoms with Crippen LogP contribution in [0.4, 0.5) is 5.13 Å². The number of nitrogens with zero attached hydrogens (tertiary/aromatic N) is 5. The number of hydrogen-bond donors (Lipinski definition) is 1. The number of anilines is 1. The van der Waals surface area contributed by atoms with E-state index in [2.05, 4.69) is 25.8 Å². The molecule has 3 rings (SSSR count). The summed E-state index contributed by atoms with van der Waals surface area (Å²) in [5.41, 5.74) is 1.34. The van der Waals surface area contributed by atoms with Crippen LogP contribution in [0, 0.1) is 6.92 Å². The van der Waals surface area contributed by atoms with Crippen molar-refractivity contribution in [1.29, 1.82) is 0 Å². The Morgan fingerprint density at radius 1 is 1.36 bits per heavy atom. The molecule has 8 nitrogen and oxygen atoms in total. The second kappa shape index (κ2) is 7.16. The highest BCUT2D eigenvalue weighted by Crippen LogP contribution is 2.27. The molecular weight excluding hydrogens is 364 g/mol. The van der Waals surface area contributed by atoms with Gasteiger partial charge in [-0.15, -0.1) is 15.3 Å². The largest absolute Gasteiger partial charge is 0.494 e. The molecule has 0 saturated heterocycles. The third-order valence-electron chi connectivity index (χ3n) is 3.47. The second-order valence-electron chi connectivity index (χ2n) is 5.06. The quantitative estimate of drug-likeness (QED) is 0.733. The van der Waals surface area contributed by atoms with Crippen LogP contribution in [0.1, 0.15) is 28.1 Å². The van der Waals surface area contributed by atoms with Crippen molar-refractivity contribution in [3.63, 3.8) is 0 Å². The van der Waals surface area contributed by atoms with Crippen molar-refractivity contribution in [1.82, 2.24) is 25.2 Å². The normalized spacial score (nSPS) is 10.7. The molecule has 25 heavy (non-hydrogen) atoms. The summed E-state index contributed by atoms with van der Waals surface area (Å²) in [4.78, 5) is 12.5. The molecule has 130 valence electrons. The van der Waals surface area contributed by atoms with Gasteiger partial charge >= 0.3 is 0 Å². The van der Waals surface area contributed by atoms with E-state index in [-0.39, 0.29) is 5.69 Å². The van der Waals surface area contributed by atoms with Gasteiger partial charge in [-0.25, -0.2) is 4.68 Å². The molecule has 0 aliphatic rings. The van der Waals surface area contributed by atoms with Crippen molar-refractivity contribution in [3.05, 3.63) is 39.6 Å². The first-order valence-electron chi connectivity index (χ1n) is 7.43. The topological polar surface area (TPSA) is 94.8 Å². The van der Waals surface area contributed by atoms with Gasteiger partial charge in [0, 0.05) is 5.02 Å². The van der Waals surface area contributed by atoms with Gasteiger partial charge in [0.05, 0.1) is 12.8 Å². The van der Waals surface area contributed by atoms with Gasteiger partial charge in [-0.3, -0.25) is 10.1 Å². The lowest BCUT2D eigenvalue weighted by molar-refractivity contribution is 0.102. The first-order chi connectivity index (χ1) is 12.0. The fourth-order valence-corrected chi connectivity index (χ4v) is 3.04. The number of amides is 1. The smallest absolute Gasteiger partial charge is 0.279 e. The Bertz CT molecular complexity index is 923. The van der Waals surface area contributed by atoms with Gasteiger partial charge in [-0.05, 0) is 31.5 Å². The molecular formula is C15H15ClN6O2S. The molecule has 0 unspecified atom stereocenters. The molecule has 0 radical (unpaired) electrons. The zero-order chi connectivity index (χ0) is 18.0. The molecule has 2 heterocycles. The van der Waals surface area contributed by atoms with Gasteiger partial charge < -0.3 is 4.74 Å². The summed E-state index contributed by atoms with van der Waals surface area (Å²) < 4.78 is 6.84.